The quantitative estimate of drug-likeness (QED) is 0.687. The zero-order valence-electron chi connectivity index (χ0n) is 12.1. The van der Waals surface area contributed by atoms with Gasteiger partial charge in [0.2, 0.25) is 5.88 Å². The first-order chi connectivity index (χ1) is 11.2. The number of nitrogens with zero attached hydrogens (tertiary/aromatic N) is 5. The van der Waals surface area contributed by atoms with Crippen LogP contribution in [0.2, 0.25) is 0 Å². The molecule has 0 aliphatic carbocycles. The van der Waals surface area contributed by atoms with Crippen molar-refractivity contribution in [2.75, 3.05) is 0 Å². The van der Waals surface area contributed by atoms with E-state index in [1.165, 1.54) is 0 Å². The van der Waals surface area contributed by atoms with E-state index in [0.717, 1.165) is 5.56 Å². The van der Waals surface area contributed by atoms with Crippen LogP contribution in [0.1, 0.15) is 30.0 Å². The van der Waals surface area contributed by atoms with Crippen LogP contribution in [0.4, 0.5) is 4.39 Å². The van der Waals surface area contributed by atoms with Crippen LogP contribution in [-0.4, -0.2) is 29.1 Å². The van der Waals surface area contributed by atoms with Crippen LogP contribution in [0.25, 0.3) is 0 Å². The Balaban J connectivity index is 1.62. The van der Waals surface area contributed by atoms with Crippen molar-refractivity contribution in [3.05, 3.63) is 60.2 Å². The van der Waals surface area contributed by atoms with Gasteiger partial charge >= 0.3 is 5.16 Å². The molecule has 3 atom stereocenters. The molecule has 4 rings (SSSR count). The number of aromatic nitrogens is 5. The monoisotopic (exact) mass is 331 g/mol. The molecule has 0 amide bonds. The molecule has 3 heterocycles. The van der Waals surface area contributed by atoms with Crippen molar-refractivity contribution in [1.29, 1.82) is 0 Å². The van der Waals surface area contributed by atoms with E-state index in [1.54, 1.807) is 27.8 Å². The van der Waals surface area contributed by atoms with E-state index in [2.05, 4.69) is 15.2 Å². The van der Waals surface area contributed by atoms with Gasteiger partial charge in [0.25, 0.3) is 0 Å². The predicted octanol–water partition coefficient (Wildman–Crippen LogP) is 2.24. The van der Waals surface area contributed by atoms with Gasteiger partial charge in [-0.2, -0.15) is 10.1 Å². The lowest BCUT2D eigenvalue weighted by Crippen LogP contribution is -2.15. The molecule has 0 N–H and O–H groups in total. The molecule has 1 aromatic carbocycles. The van der Waals surface area contributed by atoms with Crippen molar-refractivity contribution in [2.45, 2.75) is 29.7 Å². The lowest BCUT2D eigenvalue weighted by Gasteiger charge is -2.11. The first kappa shape index (κ1) is 14.4. The first-order valence-electron chi connectivity index (χ1n) is 7.23. The Morgan fingerprint density at radius 1 is 1.26 bits per heavy atom. The van der Waals surface area contributed by atoms with Crippen molar-refractivity contribution in [2.24, 2.45) is 0 Å². The molecule has 3 aromatic rings. The van der Waals surface area contributed by atoms with Gasteiger partial charge in [0.15, 0.2) is 12.0 Å². The van der Waals surface area contributed by atoms with Crippen LogP contribution in [0, 0.1) is 0 Å². The Kier molecular flexibility index (Phi) is 3.62. The molecule has 118 valence electrons. The Bertz CT molecular complexity index is 792. The summed E-state index contributed by atoms with van der Waals surface area (Å²) in [7, 11) is 0. The molecule has 0 fully saturated rings. The highest BCUT2D eigenvalue weighted by atomic mass is 32.2. The van der Waals surface area contributed by atoms with E-state index < -0.39 is 17.3 Å². The minimum absolute atomic E-state index is 0.152. The fourth-order valence-electron chi connectivity index (χ4n) is 2.76. The average Bonchev–Trinajstić information content (AvgIpc) is 3.27. The number of hydrogen-bond donors (Lipinski definition) is 0. The molecule has 23 heavy (non-hydrogen) atoms. The van der Waals surface area contributed by atoms with Crippen molar-refractivity contribution in [1.82, 2.24) is 24.5 Å². The highest BCUT2D eigenvalue weighted by Crippen LogP contribution is 2.39. The topological polar surface area (TPSA) is 71.6 Å². The van der Waals surface area contributed by atoms with Crippen molar-refractivity contribution >= 4 is 11.2 Å². The zero-order chi connectivity index (χ0) is 15.8. The molecular formula is C15H14FN5OS. The van der Waals surface area contributed by atoms with Crippen LogP contribution >= 0.6 is 0 Å². The van der Waals surface area contributed by atoms with Crippen molar-refractivity contribution < 1.29 is 8.94 Å². The number of halogens is 1. The molecule has 0 spiro atoms. The summed E-state index contributed by atoms with van der Waals surface area (Å²) in [5, 5.41) is 8.47. The van der Waals surface area contributed by atoms with Crippen molar-refractivity contribution in [3.63, 3.8) is 0 Å². The summed E-state index contributed by atoms with van der Waals surface area (Å²) in [5.41, 5.74) is 0.975. The number of rotatable bonds is 4. The largest absolute Gasteiger partial charge is 0.607 e. The summed E-state index contributed by atoms with van der Waals surface area (Å²) in [6.07, 6.45) is 2.45. The third-order valence-electron chi connectivity index (χ3n) is 3.84. The number of fused-ring (bicyclic) bond motifs is 1. The Morgan fingerprint density at radius 3 is 2.83 bits per heavy atom. The van der Waals surface area contributed by atoms with Crippen LogP contribution < -0.4 is 0 Å². The SMILES string of the molecule is [O-][S+](Cn1cccn1)c1nc2n(n1)[C@H](c1ccccc1)C[C@@H]2F. The molecule has 0 saturated heterocycles. The highest BCUT2D eigenvalue weighted by Gasteiger charge is 2.37. The maximum absolute atomic E-state index is 14.3. The first-order valence-corrected chi connectivity index (χ1v) is 8.55. The van der Waals surface area contributed by atoms with Gasteiger partial charge in [-0.05, 0) is 11.6 Å². The normalized spacial score (nSPS) is 21.3. The van der Waals surface area contributed by atoms with Crippen molar-refractivity contribution in [3.8, 4) is 0 Å². The fourth-order valence-corrected chi connectivity index (χ4v) is 3.65. The molecule has 1 unspecified atom stereocenters. The van der Waals surface area contributed by atoms with Gasteiger partial charge in [0.05, 0.1) is 17.2 Å². The third kappa shape index (κ3) is 2.64. The molecule has 2 aromatic heterocycles. The number of hydrogen-bond acceptors (Lipinski definition) is 4. The van der Waals surface area contributed by atoms with Gasteiger partial charge in [-0.15, -0.1) is 5.10 Å². The van der Waals surface area contributed by atoms with Gasteiger partial charge in [-0.25, -0.2) is 13.8 Å². The summed E-state index contributed by atoms with van der Waals surface area (Å²) >= 11 is -1.47. The summed E-state index contributed by atoms with van der Waals surface area (Å²) in [6, 6.07) is 11.2. The van der Waals surface area contributed by atoms with Gasteiger partial charge in [0, 0.05) is 18.8 Å². The van der Waals surface area contributed by atoms with E-state index in [1.807, 2.05) is 30.3 Å². The molecule has 8 heteroatoms. The van der Waals surface area contributed by atoms with Gasteiger partial charge in [-0.3, -0.25) is 0 Å². The van der Waals surface area contributed by atoms with E-state index in [4.69, 9.17) is 0 Å². The predicted molar refractivity (Wildman–Crippen MR) is 81.7 cm³/mol. The molecule has 1 aliphatic rings. The minimum Gasteiger partial charge on any atom is -0.607 e. The fraction of sp³-hybridized carbons (Fsp3) is 0.267. The maximum Gasteiger partial charge on any atom is 0.363 e. The summed E-state index contributed by atoms with van der Waals surface area (Å²) in [5.74, 6) is 0.409. The van der Waals surface area contributed by atoms with E-state index in [9.17, 15) is 8.94 Å². The number of alkyl halides is 1. The van der Waals surface area contributed by atoms with Crippen LogP contribution in [0.15, 0.2) is 53.9 Å². The number of benzene rings is 1. The van der Waals surface area contributed by atoms with E-state index >= 15 is 0 Å². The Labute approximate surface area is 135 Å². The second-order valence-corrected chi connectivity index (χ2v) is 6.66. The Hall–Kier alpha value is -2.19. The van der Waals surface area contributed by atoms with Crippen LogP contribution in [0.5, 0.6) is 0 Å². The summed E-state index contributed by atoms with van der Waals surface area (Å²) < 4.78 is 29.7. The second kappa shape index (κ2) is 5.78. The molecule has 6 nitrogen and oxygen atoms in total. The van der Waals surface area contributed by atoms with E-state index in [-0.39, 0.29) is 22.9 Å². The second-order valence-electron chi connectivity index (χ2n) is 5.35. The Morgan fingerprint density at radius 2 is 2.09 bits per heavy atom. The summed E-state index contributed by atoms with van der Waals surface area (Å²) in [4.78, 5) is 4.16. The standard InChI is InChI=1S/C15H14FN5OS/c16-12-9-13(11-5-2-1-3-6-11)21-14(12)18-15(19-21)23(22)10-20-8-4-7-17-20/h1-8,12-13H,9-10H2/t12-,13-,23?/m0/s1. The molecule has 0 saturated carbocycles. The summed E-state index contributed by atoms with van der Waals surface area (Å²) in [6.45, 7) is 0. The third-order valence-corrected chi connectivity index (χ3v) is 4.92. The average molecular weight is 331 g/mol. The smallest absolute Gasteiger partial charge is 0.363 e. The minimum atomic E-state index is -1.47. The molecule has 1 aliphatic heterocycles. The van der Waals surface area contributed by atoms with Crippen LogP contribution in [-0.2, 0) is 17.1 Å². The lowest BCUT2D eigenvalue weighted by atomic mass is 10.0. The van der Waals surface area contributed by atoms with Gasteiger partial charge in [0.1, 0.15) is 0 Å². The van der Waals surface area contributed by atoms with E-state index in [0.29, 0.717) is 6.42 Å². The maximum atomic E-state index is 14.3. The highest BCUT2D eigenvalue weighted by molar-refractivity contribution is 7.90. The lowest BCUT2D eigenvalue weighted by molar-refractivity contribution is 0.326. The molecule has 0 bridgehead atoms. The van der Waals surface area contributed by atoms with Gasteiger partial charge < -0.3 is 4.55 Å². The van der Waals surface area contributed by atoms with Gasteiger partial charge in [-0.1, -0.05) is 30.3 Å². The van der Waals surface area contributed by atoms with Crippen LogP contribution in [0.3, 0.4) is 0 Å². The zero-order valence-corrected chi connectivity index (χ0v) is 12.9. The molecule has 0 radical (unpaired) electrons. The molecular weight excluding hydrogens is 317 g/mol.